The van der Waals surface area contributed by atoms with Crippen LogP contribution < -0.4 is 5.32 Å². The average Bonchev–Trinajstić information content (AvgIpc) is 3.53. The molecule has 2 aromatic heterocycles. The van der Waals surface area contributed by atoms with E-state index in [9.17, 15) is 9.59 Å². The highest BCUT2D eigenvalue weighted by Gasteiger charge is 2.35. The fourth-order valence-electron chi connectivity index (χ4n) is 4.17. The third-order valence-electron chi connectivity index (χ3n) is 5.82. The number of nitrogens with zero attached hydrogens (tertiary/aromatic N) is 1. The average molecular weight is 471 g/mol. The van der Waals surface area contributed by atoms with Gasteiger partial charge in [-0.05, 0) is 55.0 Å². The van der Waals surface area contributed by atoms with E-state index in [0.717, 1.165) is 36.1 Å². The van der Waals surface area contributed by atoms with Crippen molar-refractivity contribution in [2.24, 2.45) is 0 Å². The summed E-state index contributed by atoms with van der Waals surface area (Å²) < 4.78 is 5.88. The molecule has 7 heteroatoms. The highest BCUT2D eigenvalue weighted by atomic mass is 35.5. The second-order valence-corrected chi connectivity index (χ2v) is 9.65. The van der Waals surface area contributed by atoms with Gasteiger partial charge >= 0.3 is 0 Å². The van der Waals surface area contributed by atoms with Gasteiger partial charge in [-0.25, -0.2) is 0 Å². The van der Waals surface area contributed by atoms with E-state index >= 15 is 0 Å². The maximum absolute atomic E-state index is 13.6. The summed E-state index contributed by atoms with van der Waals surface area (Å²) in [6.07, 6.45) is 4.36. The molecule has 1 aliphatic carbocycles. The van der Waals surface area contributed by atoms with Crippen molar-refractivity contribution in [1.82, 2.24) is 10.2 Å². The van der Waals surface area contributed by atoms with Gasteiger partial charge in [0.2, 0.25) is 5.91 Å². The minimum atomic E-state index is -0.868. The number of aryl methyl sites for hydroxylation is 1. The Bertz CT molecular complexity index is 1060. The van der Waals surface area contributed by atoms with Crippen molar-refractivity contribution < 1.29 is 14.0 Å². The number of halogens is 1. The molecule has 0 aliphatic heterocycles. The van der Waals surface area contributed by atoms with E-state index in [1.54, 1.807) is 17.0 Å². The maximum Gasteiger partial charge on any atom is 0.250 e. The van der Waals surface area contributed by atoms with Crippen LogP contribution >= 0.6 is 22.9 Å². The second kappa shape index (κ2) is 10.4. The first-order chi connectivity index (χ1) is 15.5. The fraction of sp³-hybridized carbons (Fsp3) is 0.360. The van der Waals surface area contributed by atoms with Gasteiger partial charge in [-0.3, -0.25) is 9.59 Å². The smallest absolute Gasteiger partial charge is 0.250 e. The largest absolute Gasteiger partial charge is 0.464 e. The lowest BCUT2D eigenvalue weighted by Crippen LogP contribution is -2.46. The number of carbonyl (C=O) groups excluding carboxylic acids is 2. The highest BCUT2D eigenvalue weighted by Crippen LogP contribution is 2.29. The minimum Gasteiger partial charge on any atom is -0.464 e. The van der Waals surface area contributed by atoms with Crippen LogP contribution in [0.5, 0.6) is 0 Å². The Labute approximate surface area is 197 Å². The van der Waals surface area contributed by atoms with Crippen molar-refractivity contribution >= 4 is 34.8 Å². The van der Waals surface area contributed by atoms with Crippen LogP contribution in [0.25, 0.3) is 0 Å². The molecule has 32 heavy (non-hydrogen) atoms. The number of hydrogen-bond acceptors (Lipinski definition) is 4. The summed E-state index contributed by atoms with van der Waals surface area (Å²) in [6, 6.07) is 14.1. The number of amides is 2. The van der Waals surface area contributed by atoms with Gasteiger partial charge in [0.25, 0.3) is 5.91 Å². The van der Waals surface area contributed by atoms with Crippen molar-refractivity contribution in [1.29, 1.82) is 0 Å². The summed E-state index contributed by atoms with van der Waals surface area (Å²) in [5, 5.41) is 5.67. The fourth-order valence-corrected chi connectivity index (χ4v) is 5.06. The topological polar surface area (TPSA) is 62.6 Å². The number of furan rings is 1. The molecule has 1 atom stereocenters. The van der Waals surface area contributed by atoms with Crippen LogP contribution in [0.15, 0.2) is 58.3 Å². The number of benzene rings is 1. The zero-order valence-electron chi connectivity index (χ0n) is 18.1. The summed E-state index contributed by atoms with van der Waals surface area (Å²) in [6.45, 7) is 2.05. The number of rotatable bonds is 8. The molecule has 168 valence electrons. The second-order valence-electron chi connectivity index (χ2n) is 8.21. The first-order valence-corrected chi connectivity index (χ1v) is 12.2. The first kappa shape index (κ1) is 22.6. The maximum atomic E-state index is 13.6. The summed E-state index contributed by atoms with van der Waals surface area (Å²) in [4.78, 5) is 29.6. The Morgan fingerprint density at radius 1 is 1.16 bits per heavy atom. The van der Waals surface area contributed by atoms with Crippen LogP contribution in [0.1, 0.15) is 53.7 Å². The van der Waals surface area contributed by atoms with E-state index in [1.807, 2.05) is 48.7 Å². The summed E-state index contributed by atoms with van der Waals surface area (Å²) >= 11 is 7.95. The Morgan fingerprint density at radius 3 is 2.59 bits per heavy atom. The van der Waals surface area contributed by atoms with Crippen molar-refractivity contribution in [3.8, 4) is 0 Å². The van der Waals surface area contributed by atoms with Gasteiger partial charge in [-0.1, -0.05) is 48.7 Å². The highest BCUT2D eigenvalue weighted by molar-refractivity contribution is 7.10. The molecule has 0 bridgehead atoms. The predicted octanol–water partition coefficient (Wildman–Crippen LogP) is 5.67. The molecular formula is C25H27ClN2O3S. The van der Waals surface area contributed by atoms with Gasteiger partial charge in [0.1, 0.15) is 11.5 Å². The predicted molar refractivity (Wildman–Crippen MR) is 127 cm³/mol. The van der Waals surface area contributed by atoms with Gasteiger partial charge in [0.05, 0.1) is 6.42 Å². The lowest BCUT2D eigenvalue weighted by Gasteiger charge is -2.31. The third-order valence-corrected chi connectivity index (χ3v) is 7.06. The number of hydrogen-bond donors (Lipinski definition) is 1. The summed E-state index contributed by atoms with van der Waals surface area (Å²) in [5.41, 5.74) is 0.788. The number of nitrogens with one attached hydrogen (secondary N) is 1. The van der Waals surface area contributed by atoms with Crippen LogP contribution in [0.2, 0.25) is 5.02 Å². The van der Waals surface area contributed by atoms with E-state index in [2.05, 4.69) is 5.32 Å². The molecule has 0 radical (unpaired) electrons. The molecule has 4 rings (SSSR count). The lowest BCUT2D eigenvalue weighted by molar-refractivity contribution is -0.142. The number of thiophene rings is 1. The van der Waals surface area contributed by atoms with Crippen LogP contribution in [-0.4, -0.2) is 22.8 Å². The SMILES string of the molecule is Cc1ccc([C@H](C(=O)NC2CCCC2)N(Cc2ccccc2Cl)C(=O)Cc2cccs2)o1. The van der Waals surface area contributed by atoms with Crippen molar-refractivity contribution in [2.75, 3.05) is 0 Å². The standard InChI is InChI=1S/C25H27ClN2O3S/c1-17-12-13-22(31-17)24(25(30)27-19-8-3-4-9-19)28(16-18-7-2-5-11-21(18)26)23(29)15-20-10-6-14-32-20/h2,5-7,10-14,19,24H,3-4,8-9,15-16H2,1H3,(H,27,30)/t24-/m1/s1. The molecule has 2 amide bonds. The molecule has 1 aliphatic rings. The summed E-state index contributed by atoms with van der Waals surface area (Å²) in [7, 11) is 0. The van der Waals surface area contributed by atoms with Crippen LogP contribution in [0, 0.1) is 6.92 Å². The van der Waals surface area contributed by atoms with Gasteiger partial charge in [0, 0.05) is 22.5 Å². The molecule has 2 heterocycles. The van der Waals surface area contributed by atoms with Gasteiger partial charge < -0.3 is 14.6 Å². The van der Waals surface area contributed by atoms with Crippen molar-refractivity contribution in [3.63, 3.8) is 0 Å². The Balaban J connectivity index is 1.69. The molecule has 1 saturated carbocycles. The Hall–Kier alpha value is -2.57. The van der Waals surface area contributed by atoms with Gasteiger partial charge in [-0.15, -0.1) is 11.3 Å². The van der Waals surface area contributed by atoms with Crippen LogP contribution in [0.4, 0.5) is 0 Å². The quantitative estimate of drug-likeness (QED) is 0.461. The van der Waals surface area contributed by atoms with Crippen molar-refractivity contribution in [2.45, 2.75) is 57.7 Å². The van der Waals surface area contributed by atoms with E-state index in [1.165, 1.54) is 11.3 Å². The van der Waals surface area contributed by atoms with E-state index in [-0.39, 0.29) is 30.8 Å². The Kier molecular flexibility index (Phi) is 7.33. The lowest BCUT2D eigenvalue weighted by atomic mass is 10.1. The van der Waals surface area contributed by atoms with E-state index in [4.69, 9.17) is 16.0 Å². The van der Waals surface area contributed by atoms with Crippen molar-refractivity contribution in [3.05, 3.63) is 80.9 Å². The van der Waals surface area contributed by atoms with Crippen LogP contribution in [0.3, 0.4) is 0 Å². The molecule has 5 nitrogen and oxygen atoms in total. The zero-order chi connectivity index (χ0) is 22.5. The monoisotopic (exact) mass is 470 g/mol. The van der Waals surface area contributed by atoms with E-state index in [0.29, 0.717) is 16.5 Å². The van der Waals surface area contributed by atoms with Crippen LogP contribution in [-0.2, 0) is 22.6 Å². The normalized spacial score (nSPS) is 14.9. The molecule has 3 aromatic rings. The molecule has 0 saturated heterocycles. The third kappa shape index (κ3) is 5.43. The Morgan fingerprint density at radius 2 is 1.94 bits per heavy atom. The molecule has 1 fully saturated rings. The first-order valence-electron chi connectivity index (χ1n) is 10.9. The summed E-state index contributed by atoms with van der Waals surface area (Å²) in [5.74, 6) is 0.803. The van der Waals surface area contributed by atoms with Gasteiger partial charge in [-0.2, -0.15) is 0 Å². The molecular weight excluding hydrogens is 444 g/mol. The zero-order valence-corrected chi connectivity index (χ0v) is 19.6. The van der Waals surface area contributed by atoms with E-state index < -0.39 is 6.04 Å². The molecule has 1 N–H and O–H groups in total. The molecule has 0 unspecified atom stereocenters. The van der Waals surface area contributed by atoms with Gasteiger partial charge in [0.15, 0.2) is 6.04 Å². The molecule has 0 spiro atoms. The number of carbonyl (C=O) groups is 2. The molecule has 1 aromatic carbocycles. The minimum absolute atomic E-state index is 0.135.